The summed E-state index contributed by atoms with van der Waals surface area (Å²) in [6.45, 7) is 5.56. The summed E-state index contributed by atoms with van der Waals surface area (Å²) in [5.41, 5.74) is 0.0978. The first-order valence-corrected chi connectivity index (χ1v) is 7.46. The van der Waals surface area contributed by atoms with Gasteiger partial charge in [-0.05, 0) is 26.9 Å². The number of carbonyl (C=O) groups excluding carboxylic acids is 1. The fourth-order valence-corrected chi connectivity index (χ4v) is 1.43. The third-order valence-corrected chi connectivity index (χ3v) is 2.71. The van der Waals surface area contributed by atoms with Crippen LogP contribution in [0.5, 0.6) is 0 Å². The molecule has 2 N–H and O–H groups in total. The Kier molecular flexibility index (Phi) is 12.4. The van der Waals surface area contributed by atoms with E-state index in [-0.39, 0.29) is 11.5 Å². The van der Waals surface area contributed by atoms with Gasteiger partial charge in [-0.1, -0.05) is 13.3 Å². The van der Waals surface area contributed by atoms with Crippen LogP contribution >= 0.6 is 0 Å². The molecule has 6 nitrogen and oxygen atoms in total. The first-order chi connectivity index (χ1) is 10.1. The van der Waals surface area contributed by atoms with Crippen LogP contribution in [0, 0.1) is 11.3 Å². The van der Waals surface area contributed by atoms with Crippen LogP contribution in [0.2, 0.25) is 0 Å². The van der Waals surface area contributed by atoms with Gasteiger partial charge >= 0.3 is 0 Å². The van der Waals surface area contributed by atoms with Gasteiger partial charge in [0.2, 0.25) is 0 Å². The van der Waals surface area contributed by atoms with E-state index in [1.807, 2.05) is 25.1 Å². The van der Waals surface area contributed by atoms with Crippen LogP contribution in [-0.4, -0.2) is 57.8 Å². The molecule has 0 aromatic rings. The van der Waals surface area contributed by atoms with Crippen molar-refractivity contribution in [3.8, 4) is 6.07 Å². The maximum Gasteiger partial charge on any atom is 0.263 e. The Morgan fingerprint density at radius 3 is 2.62 bits per heavy atom. The molecule has 0 heterocycles. The van der Waals surface area contributed by atoms with Crippen LogP contribution in [0.3, 0.4) is 0 Å². The minimum atomic E-state index is -0.344. The molecule has 21 heavy (non-hydrogen) atoms. The van der Waals surface area contributed by atoms with Gasteiger partial charge in [-0.15, -0.1) is 0 Å². The first kappa shape index (κ1) is 19.4. The quantitative estimate of drug-likeness (QED) is 0.317. The van der Waals surface area contributed by atoms with Gasteiger partial charge in [0.25, 0.3) is 5.91 Å². The zero-order valence-electron chi connectivity index (χ0n) is 13.4. The first-order valence-electron chi connectivity index (χ1n) is 7.46. The molecule has 0 spiro atoms. The van der Waals surface area contributed by atoms with Gasteiger partial charge in [-0.3, -0.25) is 4.79 Å². The molecule has 0 radical (unpaired) electrons. The summed E-state index contributed by atoms with van der Waals surface area (Å²) in [6, 6.07) is 1.90. The van der Waals surface area contributed by atoms with E-state index < -0.39 is 0 Å². The highest BCUT2D eigenvalue weighted by Gasteiger charge is 2.07. The van der Waals surface area contributed by atoms with E-state index in [0.717, 1.165) is 32.4 Å². The highest BCUT2D eigenvalue weighted by molar-refractivity contribution is 5.97. The Hall–Kier alpha value is -1.58. The molecule has 0 bridgehead atoms. The second-order valence-electron chi connectivity index (χ2n) is 5.00. The van der Waals surface area contributed by atoms with Gasteiger partial charge in [-0.2, -0.15) is 5.26 Å². The van der Waals surface area contributed by atoms with E-state index >= 15 is 0 Å². The van der Waals surface area contributed by atoms with Gasteiger partial charge < -0.3 is 20.3 Å². The van der Waals surface area contributed by atoms with E-state index in [9.17, 15) is 4.79 Å². The third-order valence-electron chi connectivity index (χ3n) is 2.71. The SMILES string of the molecule is CCCCOCCCNC(=O)/C(C#N)=C\NCCN(C)C. The number of nitrogens with one attached hydrogen (secondary N) is 2. The maximum absolute atomic E-state index is 11.7. The smallest absolute Gasteiger partial charge is 0.263 e. The van der Waals surface area contributed by atoms with Crippen molar-refractivity contribution in [1.82, 2.24) is 15.5 Å². The fourth-order valence-electron chi connectivity index (χ4n) is 1.43. The second-order valence-corrected chi connectivity index (χ2v) is 5.00. The van der Waals surface area contributed by atoms with Crippen molar-refractivity contribution in [2.24, 2.45) is 0 Å². The molecule has 0 saturated heterocycles. The van der Waals surface area contributed by atoms with Crippen molar-refractivity contribution in [3.63, 3.8) is 0 Å². The molecule has 0 saturated carbocycles. The van der Waals surface area contributed by atoms with E-state index in [1.54, 1.807) is 0 Å². The summed E-state index contributed by atoms with van der Waals surface area (Å²) in [7, 11) is 3.93. The molecule has 0 aliphatic heterocycles. The Labute approximate surface area is 128 Å². The zero-order chi connectivity index (χ0) is 15.9. The fraction of sp³-hybridized carbons (Fsp3) is 0.733. The Morgan fingerprint density at radius 1 is 1.29 bits per heavy atom. The minimum absolute atomic E-state index is 0.0978. The summed E-state index contributed by atoms with van der Waals surface area (Å²) in [5.74, 6) is -0.344. The van der Waals surface area contributed by atoms with E-state index in [2.05, 4.69) is 17.6 Å². The number of unbranched alkanes of at least 4 members (excludes halogenated alkanes) is 1. The Bertz CT molecular complexity index is 348. The second kappa shape index (κ2) is 13.4. The summed E-state index contributed by atoms with van der Waals surface area (Å²) < 4.78 is 5.40. The molecule has 0 aromatic heterocycles. The highest BCUT2D eigenvalue weighted by atomic mass is 16.5. The maximum atomic E-state index is 11.7. The number of nitrogens with zero attached hydrogens (tertiary/aromatic N) is 2. The van der Waals surface area contributed by atoms with Gasteiger partial charge in [0.05, 0.1) is 0 Å². The van der Waals surface area contributed by atoms with Crippen molar-refractivity contribution in [1.29, 1.82) is 5.26 Å². The van der Waals surface area contributed by atoms with Crippen LogP contribution < -0.4 is 10.6 Å². The van der Waals surface area contributed by atoms with Crippen molar-refractivity contribution in [3.05, 3.63) is 11.8 Å². The summed E-state index contributed by atoms with van der Waals surface area (Å²) in [6.07, 6.45) is 4.40. The normalized spacial score (nSPS) is 11.3. The Morgan fingerprint density at radius 2 is 2.00 bits per heavy atom. The highest BCUT2D eigenvalue weighted by Crippen LogP contribution is 1.92. The minimum Gasteiger partial charge on any atom is -0.388 e. The van der Waals surface area contributed by atoms with Gasteiger partial charge in [0.15, 0.2) is 0 Å². The summed E-state index contributed by atoms with van der Waals surface area (Å²) in [4.78, 5) is 13.8. The van der Waals surface area contributed by atoms with Crippen molar-refractivity contribution >= 4 is 5.91 Å². The number of ether oxygens (including phenoxy) is 1. The van der Waals surface area contributed by atoms with Crippen LogP contribution in [-0.2, 0) is 9.53 Å². The number of rotatable bonds is 12. The standard InChI is InChI=1S/C15H28N4O2/c1-4-5-10-21-11-6-7-18-15(20)14(12-16)13-17-8-9-19(2)3/h13,17H,4-11H2,1-3H3,(H,18,20)/b14-13-. The number of amides is 1. The average Bonchev–Trinajstić information content (AvgIpc) is 2.46. The molecule has 0 unspecified atom stereocenters. The van der Waals surface area contributed by atoms with Crippen molar-refractivity contribution in [2.45, 2.75) is 26.2 Å². The van der Waals surface area contributed by atoms with Gasteiger partial charge in [0, 0.05) is 39.0 Å². The molecule has 1 amide bonds. The molecule has 0 atom stereocenters. The molecule has 0 aliphatic carbocycles. The Balaban J connectivity index is 3.79. The summed E-state index contributed by atoms with van der Waals surface area (Å²) >= 11 is 0. The molecule has 0 fully saturated rings. The van der Waals surface area contributed by atoms with Crippen LogP contribution in [0.1, 0.15) is 26.2 Å². The number of nitriles is 1. The van der Waals surface area contributed by atoms with Crippen molar-refractivity contribution in [2.75, 3.05) is 46.9 Å². The average molecular weight is 296 g/mol. The third kappa shape index (κ3) is 11.9. The molecular weight excluding hydrogens is 268 g/mol. The van der Waals surface area contributed by atoms with Gasteiger partial charge in [0.1, 0.15) is 11.6 Å². The topological polar surface area (TPSA) is 77.4 Å². The molecule has 120 valence electrons. The molecular formula is C15H28N4O2. The van der Waals surface area contributed by atoms with E-state index in [4.69, 9.17) is 10.00 Å². The predicted octanol–water partition coefficient (Wildman–Crippen LogP) is 0.868. The molecule has 0 aliphatic rings. The monoisotopic (exact) mass is 296 g/mol. The summed E-state index contributed by atoms with van der Waals surface area (Å²) in [5, 5.41) is 14.6. The molecule has 0 aromatic carbocycles. The van der Waals surface area contributed by atoms with E-state index in [1.165, 1.54) is 6.20 Å². The lowest BCUT2D eigenvalue weighted by atomic mass is 10.3. The lowest BCUT2D eigenvalue weighted by Gasteiger charge is -2.09. The largest absolute Gasteiger partial charge is 0.388 e. The lowest BCUT2D eigenvalue weighted by molar-refractivity contribution is -0.117. The predicted molar refractivity (Wildman–Crippen MR) is 83.6 cm³/mol. The van der Waals surface area contributed by atoms with E-state index in [0.29, 0.717) is 19.7 Å². The van der Waals surface area contributed by atoms with Crippen LogP contribution in [0.4, 0.5) is 0 Å². The zero-order valence-corrected chi connectivity index (χ0v) is 13.4. The number of hydrogen-bond acceptors (Lipinski definition) is 5. The van der Waals surface area contributed by atoms with Crippen molar-refractivity contribution < 1.29 is 9.53 Å². The molecule has 6 heteroatoms. The number of carbonyl (C=O) groups is 1. The van der Waals surface area contributed by atoms with Crippen LogP contribution in [0.25, 0.3) is 0 Å². The number of hydrogen-bond donors (Lipinski definition) is 2. The number of likely N-dealkylation sites (N-methyl/N-ethyl adjacent to an activating group) is 1. The van der Waals surface area contributed by atoms with Gasteiger partial charge in [-0.25, -0.2) is 0 Å². The lowest BCUT2D eigenvalue weighted by Crippen LogP contribution is -2.28. The van der Waals surface area contributed by atoms with Crippen LogP contribution in [0.15, 0.2) is 11.8 Å². The molecule has 0 rings (SSSR count).